The fraction of sp³-hybridized carbons (Fsp3) is 0.917. The van der Waals surface area contributed by atoms with Gasteiger partial charge in [-0.1, -0.05) is 13.3 Å². The van der Waals surface area contributed by atoms with Gasteiger partial charge in [0.15, 0.2) is 0 Å². The summed E-state index contributed by atoms with van der Waals surface area (Å²) >= 11 is 1.82. The molecule has 4 heteroatoms. The van der Waals surface area contributed by atoms with Crippen LogP contribution in [0.15, 0.2) is 0 Å². The fourth-order valence-electron chi connectivity index (χ4n) is 1.68. The Bertz CT molecular complexity index is 199. The highest BCUT2D eigenvalue weighted by atomic mass is 32.2. The van der Waals surface area contributed by atoms with Crippen molar-refractivity contribution in [3.05, 3.63) is 0 Å². The number of hydrogen-bond acceptors (Lipinski definition) is 3. The van der Waals surface area contributed by atoms with Crippen LogP contribution in [-0.2, 0) is 4.79 Å². The van der Waals surface area contributed by atoms with Crippen molar-refractivity contribution >= 4 is 17.7 Å². The van der Waals surface area contributed by atoms with E-state index in [-0.39, 0.29) is 11.8 Å². The maximum Gasteiger partial charge on any atom is 0.226 e. The summed E-state index contributed by atoms with van der Waals surface area (Å²) < 4.78 is 0. The number of carbonyl (C=O) groups is 1. The normalized spacial score (nSPS) is 14.6. The molecule has 0 aromatic carbocycles. The van der Waals surface area contributed by atoms with Crippen LogP contribution in [-0.4, -0.2) is 42.4 Å². The van der Waals surface area contributed by atoms with E-state index in [1.807, 2.05) is 23.7 Å². The van der Waals surface area contributed by atoms with Crippen LogP contribution < -0.4 is 5.73 Å². The molecule has 0 fully saturated rings. The van der Waals surface area contributed by atoms with Crippen LogP contribution >= 0.6 is 11.8 Å². The molecule has 2 N–H and O–H groups in total. The SMILES string of the molecule is CCCC(CN)C(=O)N(C)C(C)CCSC. The molecule has 0 radical (unpaired) electrons. The van der Waals surface area contributed by atoms with Crippen LogP contribution in [0.25, 0.3) is 0 Å². The summed E-state index contributed by atoms with van der Waals surface area (Å²) in [7, 11) is 1.89. The lowest BCUT2D eigenvalue weighted by molar-refractivity contribution is -0.136. The molecule has 0 aliphatic carbocycles. The van der Waals surface area contributed by atoms with Crippen molar-refractivity contribution in [2.45, 2.75) is 39.2 Å². The van der Waals surface area contributed by atoms with Gasteiger partial charge >= 0.3 is 0 Å². The zero-order valence-corrected chi connectivity index (χ0v) is 11.8. The lowest BCUT2D eigenvalue weighted by atomic mass is 10.0. The van der Waals surface area contributed by atoms with Gasteiger partial charge in [0.2, 0.25) is 5.91 Å². The van der Waals surface area contributed by atoms with Crippen molar-refractivity contribution in [2.75, 3.05) is 25.6 Å². The van der Waals surface area contributed by atoms with Gasteiger partial charge in [-0.2, -0.15) is 11.8 Å². The molecule has 3 nitrogen and oxygen atoms in total. The number of amides is 1. The second-order valence-corrected chi connectivity index (χ2v) is 5.29. The number of carbonyl (C=O) groups excluding carboxylic acids is 1. The average Bonchev–Trinajstić information content (AvgIpc) is 2.31. The minimum atomic E-state index is 0.00623. The molecule has 0 aromatic heterocycles. The zero-order valence-electron chi connectivity index (χ0n) is 11.0. The molecular weight excluding hydrogens is 220 g/mol. The first kappa shape index (κ1) is 15.8. The van der Waals surface area contributed by atoms with Crippen molar-refractivity contribution in [2.24, 2.45) is 11.7 Å². The fourth-order valence-corrected chi connectivity index (χ4v) is 2.25. The number of nitrogens with zero attached hydrogens (tertiary/aromatic N) is 1. The summed E-state index contributed by atoms with van der Waals surface area (Å²) in [5, 5.41) is 0. The Morgan fingerprint density at radius 3 is 2.50 bits per heavy atom. The molecule has 1 amide bonds. The number of thioether (sulfide) groups is 1. The maximum absolute atomic E-state index is 12.1. The van der Waals surface area contributed by atoms with Crippen molar-refractivity contribution < 1.29 is 4.79 Å². The molecule has 0 aliphatic heterocycles. The molecule has 0 saturated carbocycles. The van der Waals surface area contributed by atoms with Crippen molar-refractivity contribution in [1.29, 1.82) is 0 Å². The maximum atomic E-state index is 12.1. The minimum absolute atomic E-state index is 0.00623. The van der Waals surface area contributed by atoms with E-state index in [2.05, 4.69) is 20.1 Å². The third-order valence-corrected chi connectivity index (χ3v) is 3.66. The molecule has 96 valence electrons. The van der Waals surface area contributed by atoms with E-state index in [1.54, 1.807) is 0 Å². The topological polar surface area (TPSA) is 46.3 Å². The first-order valence-corrected chi connectivity index (χ1v) is 7.43. The third-order valence-electron chi connectivity index (χ3n) is 3.02. The molecule has 0 spiro atoms. The van der Waals surface area contributed by atoms with Crippen LogP contribution in [0.1, 0.15) is 33.1 Å². The minimum Gasteiger partial charge on any atom is -0.343 e. The molecule has 0 aliphatic rings. The van der Waals surface area contributed by atoms with E-state index < -0.39 is 0 Å². The monoisotopic (exact) mass is 246 g/mol. The van der Waals surface area contributed by atoms with Crippen molar-refractivity contribution in [3.63, 3.8) is 0 Å². The summed E-state index contributed by atoms with van der Waals surface area (Å²) in [6.45, 7) is 4.66. The lowest BCUT2D eigenvalue weighted by Gasteiger charge is -2.28. The second kappa shape index (κ2) is 8.88. The van der Waals surface area contributed by atoms with Gasteiger partial charge in [0.1, 0.15) is 0 Å². The van der Waals surface area contributed by atoms with Gasteiger partial charge in [0.25, 0.3) is 0 Å². The number of hydrogen-bond donors (Lipinski definition) is 1. The first-order chi connectivity index (χ1) is 7.58. The van der Waals surface area contributed by atoms with Crippen LogP contribution in [0.4, 0.5) is 0 Å². The van der Waals surface area contributed by atoms with Crippen molar-refractivity contribution in [1.82, 2.24) is 4.90 Å². The van der Waals surface area contributed by atoms with E-state index in [1.165, 1.54) is 0 Å². The molecule has 16 heavy (non-hydrogen) atoms. The van der Waals surface area contributed by atoms with Gasteiger partial charge in [0.05, 0.1) is 5.92 Å². The van der Waals surface area contributed by atoms with Gasteiger partial charge in [0, 0.05) is 19.6 Å². The lowest BCUT2D eigenvalue weighted by Crippen LogP contribution is -2.41. The Morgan fingerprint density at radius 1 is 1.44 bits per heavy atom. The van der Waals surface area contributed by atoms with Gasteiger partial charge in [-0.05, 0) is 31.8 Å². The summed E-state index contributed by atoms with van der Waals surface area (Å²) in [6, 6.07) is 0.311. The highest BCUT2D eigenvalue weighted by Crippen LogP contribution is 2.13. The van der Waals surface area contributed by atoms with Crippen LogP contribution in [0.2, 0.25) is 0 Å². The van der Waals surface area contributed by atoms with Gasteiger partial charge in [-0.25, -0.2) is 0 Å². The third kappa shape index (κ3) is 5.21. The first-order valence-electron chi connectivity index (χ1n) is 6.04. The second-order valence-electron chi connectivity index (χ2n) is 4.30. The molecule has 2 unspecified atom stereocenters. The number of nitrogens with two attached hydrogens (primary N) is 1. The van der Waals surface area contributed by atoms with Crippen LogP contribution in [0, 0.1) is 5.92 Å². The van der Waals surface area contributed by atoms with Crippen LogP contribution in [0.3, 0.4) is 0 Å². The standard InChI is InChI=1S/C12H26N2OS/c1-5-6-11(9-13)12(15)14(3)10(2)7-8-16-4/h10-11H,5-9,13H2,1-4H3. The Kier molecular flexibility index (Phi) is 8.76. The Labute approximate surface area is 104 Å². The summed E-state index contributed by atoms with van der Waals surface area (Å²) in [4.78, 5) is 14.0. The predicted molar refractivity (Wildman–Crippen MR) is 72.7 cm³/mol. The van der Waals surface area contributed by atoms with Crippen molar-refractivity contribution in [3.8, 4) is 0 Å². The Hall–Kier alpha value is -0.220. The molecular formula is C12H26N2OS. The number of rotatable bonds is 8. The molecule has 0 bridgehead atoms. The van der Waals surface area contributed by atoms with Crippen LogP contribution in [0.5, 0.6) is 0 Å². The summed E-state index contributed by atoms with van der Waals surface area (Å²) in [5.41, 5.74) is 5.65. The van der Waals surface area contributed by atoms with Gasteiger partial charge < -0.3 is 10.6 Å². The van der Waals surface area contributed by atoms with Gasteiger partial charge in [-0.3, -0.25) is 4.79 Å². The highest BCUT2D eigenvalue weighted by Gasteiger charge is 2.22. The highest BCUT2D eigenvalue weighted by molar-refractivity contribution is 7.98. The van der Waals surface area contributed by atoms with E-state index in [0.717, 1.165) is 25.0 Å². The Balaban J connectivity index is 4.22. The quantitative estimate of drug-likeness (QED) is 0.712. The summed E-state index contributed by atoms with van der Waals surface area (Å²) in [5.74, 6) is 1.31. The van der Waals surface area contributed by atoms with E-state index >= 15 is 0 Å². The molecule has 0 rings (SSSR count). The smallest absolute Gasteiger partial charge is 0.226 e. The average molecular weight is 246 g/mol. The summed E-state index contributed by atoms with van der Waals surface area (Å²) in [6.07, 6.45) is 5.05. The van der Waals surface area contributed by atoms with Gasteiger partial charge in [-0.15, -0.1) is 0 Å². The zero-order chi connectivity index (χ0) is 12.6. The van der Waals surface area contributed by atoms with E-state index in [9.17, 15) is 4.79 Å². The molecule has 0 heterocycles. The molecule has 0 saturated heterocycles. The molecule has 0 aromatic rings. The largest absolute Gasteiger partial charge is 0.343 e. The predicted octanol–water partition coefficient (Wildman–Crippen LogP) is 1.96. The van der Waals surface area contributed by atoms with E-state index in [0.29, 0.717) is 12.6 Å². The Morgan fingerprint density at radius 2 is 2.06 bits per heavy atom. The van der Waals surface area contributed by atoms with E-state index in [4.69, 9.17) is 5.73 Å². The molecule has 2 atom stereocenters.